The first-order valence-corrected chi connectivity index (χ1v) is 4.25. The van der Waals surface area contributed by atoms with E-state index in [0.29, 0.717) is 6.33 Å². The highest BCUT2D eigenvalue weighted by atomic mass is 19.1. The van der Waals surface area contributed by atoms with Crippen molar-refractivity contribution in [2.24, 2.45) is 5.92 Å². The van der Waals surface area contributed by atoms with Crippen LogP contribution in [0.1, 0.15) is 32.1 Å². The van der Waals surface area contributed by atoms with Gasteiger partial charge in [-0.2, -0.15) is 0 Å². The fraction of sp³-hybridized carbons (Fsp3) is 0.778. The molecule has 0 amide bonds. The van der Waals surface area contributed by atoms with Gasteiger partial charge >= 0.3 is 0 Å². The predicted octanol–water partition coefficient (Wildman–Crippen LogP) is 3.39. The lowest BCUT2D eigenvalue weighted by molar-refractivity contribution is 0.220. The molecule has 0 aromatic rings. The number of halogens is 2. The summed E-state index contributed by atoms with van der Waals surface area (Å²) in [6.07, 6.45) is 5.55. The minimum atomic E-state index is -1.06. The van der Waals surface area contributed by atoms with Gasteiger partial charge in [-0.15, -0.1) is 0 Å². The molecule has 0 bridgehead atoms. The van der Waals surface area contributed by atoms with E-state index in [1.807, 2.05) is 0 Å². The van der Waals surface area contributed by atoms with Gasteiger partial charge in [-0.1, -0.05) is 19.3 Å². The summed E-state index contributed by atoms with van der Waals surface area (Å²) in [4.78, 5) is 0. The van der Waals surface area contributed by atoms with E-state index in [2.05, 4.69) is 0 Å². The standard InChI is InChI=1S/C9H14F2/c10-7-6-9(11)8-4-2-1-3-5-8/h6-9H,1-5H2. The van der Waals surface area contributed by atoms with Crippen LogP contribution in [-0.2, 0) is 0 Å². The Bertz CT molecular complexity index is 126. The molecule has 2 heteroatoms. The second kappa shape index (κ2) is 4.47. The highest BCUT2D eigenvalue weighted by Gasteiger charge is 2.20. The molecule has 1 aliphatic carbocycles. The van der Waals surface area contributed by atoms with E-state index in [1.165, 1.54) is 6.42 Å². The molecule has 1 saturated carbocycles. The van der Waals surface area contributed by atoms with Gasteiger partial charge < -0.3 is 0 Å². The minimum absolute atomic E-state index is 0.0794. The van der Waals surface area contributed by atoms with Gasteiger partial charge in [0.2, 0.25) is 0 Å². The predicted molar refractivity (Wildman–Crippen MR) is 41.7 cm³/mol. The van der Waals surface area contributed by atoms with Crippen LogP contribution in [0, 0.1) is 5.92 Å². The van der Waals surface area contributed by atoms with Gasteiger partial charge in [0.1, 0.15) is 6.17 Å². The van der Waals surface area contributed by atoms with Crippen LogP contribution >= 0.6 is 0 Å². The van der Waals surface area contributed by atoms with Crippen molar-refractivity contribution in [1.29, 1.82) is 0 Å². The van der Waals surface area contributed by atoms with Crippen molar-refractivity contribution in [2.45, 2.75) is 38.3 Å². The van der Waals surface area contributed by atoms with E-state index < -0.39 is 6.17 Å². The van der Waals surface area contributed by atoms with E-state index in [9.17, 15) is 8.78 Å². The summed E-state index contributed by atoms with van der Waals surface area (Å²) in [5, 5.41) is 0. The van der Waals surface area contributed by atoms with E-state index >= 15 is 0 Å². The van der Waals surface area contributed by atoms with Crippen LogP contribution in [0.3, 0.4) is 0 Å². The summed E-state index contributed by atoms with van der Waals surface area (Å²) in [6, 6.07) is 0. The number of hydrogen-bond acceptors (Lipinski definition) is 0. The molecule has 0 aromatic heterocycles. The summed E-state index contributed by atoms with van der Waals surface area (Å²) in [7, 11) is 0. The van der Waals surface area contributed by atoms with E-state index in [4.69, 9.17) is 0 Å². The lowest BCUT2D eigenvalue weighted by Crippen LogP contribution is -2.16. The van der Waals surface area contributed by atoms with Gasteiger partial charge in [0.15, 0.2) is 0 Å². The number of alkyl halides is 1. The summed E-state index contributed by atoms with van der Waals surface area (Å²) in [6.45, 7) is 0. The lowest BCUT2D eigenvalue weighted by atomic mass is 9.86. The third-order valence-corrected chi connectivity index (χ3v) is 2.36. The maximum Gasteiger partial charge on any atom is 0.124 e. The van der Waals surface area contributed by atoms with E-state index in [0.717, 1.165) is 31.8 Å². The molecule has 1 atom stereocenters. The lowest BCUT2D eigenvalue weighted by Gasteiger charge is -2.22. The Labute approximate surface area is 66.3 Å². The molecule has 0 aromatic carbocycles. The Morgan fingerprint density at radius 1 is 1.18 bits per heavy atom. The monoisotopic (exact) mass is 160 g/mol. The number of rotatable bonds is 2. The van der Waals surface area contributed by atoms with Crippen molar-refractivity contribution < 1.29 is 8.78 Å². The van der Waals surface area contributed by atoms with Crippen molar-refractivity contribution in [3.63, 3.8) is 0 Å². The van der Waals surface area contributed by atoms with Crippen LogP contribution in [0.5, 0.6) is 0 Å². The minimum Gasteiger partial charge on any atom is -0.243 e. The fourth-order valence-corrected chi connectivity index (χ4v) is 1.68. The van der Waals surface area contributed by atoms with Crippen LogP contribution in [-0.4, -0.2) is 6.17 Å². The molecule has 1 unspecified atom stereocenters. The number of hydrogen-bond donors (Lipinski definition) is 0. The molecule has 0 heterocycles. The molecule has 0 spiro atoms. The molecule has 0 aliphatic heterocycles. The second-order valence-electron chi connectivity index (χ2n) is 3.16. The van der Waals surface area contributed by atoms with Gasteiger partial charge in [-0.3, -0.25) is 0 Å². The normalized spacial score (nSPS) is 24.2. The van der Waals surface area contributed by atoms with Crippen molar-refractivity contribution >= 4 is 0 Å². The van der Waals surface area contributed by atoms with Gasteiger partial charge in [0.25, 0.3) is 0 Å². The average molecular weight is 160 g/mol. The van der Waals surface area contributed by atoms with Crippen LogP contribution in [0.4, 0.5) is 8.78 Å². The van der Waals surface area contributed by atoms with E-state index in [1.54, 1.807) is 0 Å². The van der Waals surface area contributed by atoms with Crippen LogP contribution in [0.2, 0.25) is 0 Å². The van der Waals surface area contributed by atoms with Crippen molar-refractivity contribution in [2.75, 3.05) is 0 Å². The first kappa shape index (κ1) is 8.69. The molecule has 0 saturated heterocycles. The summed E-state index contributed by atoms with van der Waals surface area (Å²) >= 11 is 0. The van der Waals surface area contributed by atoms with Gasteiger partial charge in [0, 0.05) is 0 Å². The first-order chi connectivity index (χ1) is 5.34. The molecular weight excluding hydrogens is 146 g/mol. The molecule has 0 nitrogen and oxygen atoms in total. The molecular formula is C9H14F2. The molecule has 0 N–H and O–H groups in total. The Kier molecular flexibility index (Phi) is 3.53. The van der Waals surface area contributed by atoms with Gasteiger partial charge in [-0.05, 0) is 24.8 Å². The maximum atomic E-state index is 13.0. The topological polar surface area (TPSA) is 0 Å². The second-order valence-corrected chi connectivity index (χ2v) is 3.16. The summed E-state index contributed by atoms with van der Waals surface area (Å²) < 4.78 is 24.5. The zero-order valence-corrected chi connectivity index (χ0v) is 6.60. The smallest absolute Gasteiger partial charge is 0.124 e. The van der Waals surface area contributed by atoms with Gasteiger partial charge in [-0.25, -0.2) is 8.78 Å². The summed E-state index contributed by atoms with van der Waals surface area (Å²) in [5.74, 6) is 0.0794. The quantitative estimate of drug-likeness (QED) is 0.580. The Morgan fingerprint density at radius 2 is 1.82 bits per heavy atom. The van der Waals surface area contributed by atoms with Crippen molar-refractivity contribution in [3.05, 3.63) is 12.4 Å². The highest BCUT2D eigenvalue weighted by Crippen LogP contribution is 2.28. The zero-order valence-electron chi connectivity index (χ0n) is 6.60. The maximum absolute atomic E-state index is 13.0. The van der Waals surface area contributed by atoms with Crippen LogP contribution in [0.15, 0.2) is 12.4 Å². The molecule has 64 valence electrons. The summed E-state index contributed by atoms with van der Waals surface area (Å²) in [5.41, 5.74) is 0. The van der Waals surface area contributed by atoms with Crippen molar-refractivity contribution in [1.82, 2.24) is 0 Å². The first-order valence-electron chi connectivity index (χ1n) is 4.25. The Hall–Kier alpha value is -0.400. The Balaban J connectivity index is 2.32. The highest BCUT2D eigenvalue weighted by molar-refractivity contribution is 4.88. The van der Waals surface area contributed by atoms with E-state index in [-0.39, 0.29) is 5.92 Å². The number of allylic oxidation sites excluding steroid dienone is 1. The molecule has 1 aliphatic rings. The molecule has 1 rings (SSSR count). The van der Waals surface area contributed by atoms with Crippen LogP contribution < -0.4 is 0 Å². The molecule has 0 radical (unpaired) electrons. The Morgan fingerprint density at radius 3 is 2.36 bits per heavy atom. The molecule has 1 fully saturated rings. The largest absolute Gasteiger partial charge is 0.243 e. The van der Waals surface area contributed by atoms with Crippen LogP contribution in [0.25, 0.3) is 0 Å². The van der Waals surface area contributed by atoms with Crippen molar-refractivity contribution in [3.8, 4) is 0 Å². The third kappa shape index (κ3) is 2.60. The van der Waals surface area contributed by atoms with Gasteiger partial charge in [0.05, 0.1) is 6.33 Å². The zero-order chi connectivity index (χ0) is 8.10. The SMILES string of the molecule is FC=CC(F)C1CCCCC1. The average Bonchev–Trinajstić information content (AvgIpc) is 2.07. The molecule has 11 heavy (non-hydrogen) atoms. The third-order valence-electron chi connectivity index (χ3n) is 2.36. The fourth-order valence-electron chi connectivity index (χ4n) is 1.68.